The highest BCUT2D eigenvalue weighted by Gasteiger charge is 2.00. The predicted molar refractivity (Wildman–Crippen MR) is 104 cm³/mol. The Kier molecular flexibility index (Phi) is 7.01. The molecule has 0 aromatic heterocycles. The minimum Gasteiger partial charge on any atom is -0.508 e. The molecule has 0 spiro atoms. The minimum atomic E-state index is -0.450. The van der Waals surface area contributed by atoms with Gasteiger partial charge in [-0.1, -0.05) is 54.7 Å². The molecule has 2 rings (SSSR count). The zero-order valence-electron chi connectivity index (χ0n) is 14.4. The lowest BCUT2D eigenvalue weighted by Crippen LogP contribution is -2.03. The number of phenols is 2. The van der Waals surface area contributed by atoms with E-state index in [1.165, 1.54) is 12.1 Å². The standard InChI is InChI=1S/C22H20O4/c1-2-3-4-5-6-7-22(25)26-21-12-10-17(11-13-21)8-9-18-14-19(23)16-20(24)15-18/h2-16,23-24H,1H3/b3-2+,5-4+,7-6+,9-8+. The number of rotatable bonds is 6. The number of hydrogen-bond acceptors (Lipinski definition) is 4. The maximum atomic E-state index is 11.7. The number of benzene rings is 2. The second-order valence-corrected chi connectivity index (χ2v) is 5.38. The fourth-order valence-electron chi connectivity index (χ4n) is 2.08. The summed E-state index contributed by atoms with van der Waals surface area (Å²) in [6.45, 7) is 1.91. The minimum absolute atomic E-state index is 0.000487. The Morgan fingerprint density at radius 2 is 1.46 bits per heavy atom. The molecule has 0 amide bonds. The number of carbonyl (C=O) groups excluding carboxylic acids is 1. The lowest BCUT2D eigenvalue weighted by molar-refractivity contribution is -0.128. The van der Waals surface area contributed by atoms with Crippen LogP contribution < -0.4 is 4.74 Å². The average Bonchev–Trinajstić information content (AvgIpc) is 2.60. The van der Waals surface area contributed by atoms with Crippen molar-refractivity contribution in [1.29, 1.82) is 0 Å². The van der Waals surface area contributed by atoms with Crippen LogP contribution >= 0.6 is 0 Å². The molecule has 0 unspecified atom stereocenters. The Morgan fingerprint density at radius 1 is 0.846 bits per heavy atom. The van der Waals surface area contributed by atoms with Gasteiger partial charge in [-0.3, -0.25) is 0 Å². The molecular formula is C22H20O4. The summed E-state index contributed by atoms with van der Waals surface area (Å²) in [4.78, 5) is 11.7. The lowest BCUT2D eigenvalue weighted by atomic mass is 10.1. The van der Waals surface area contributed by atoms with Crippen molar-refractivity contribution in [3.63, 3.8) is 0 Å². The van der Waals surface area contributed by atoms with Crippen molar-refractivity contribution in [1.82, 2.24) is 0 Å². The number of ether oxygens (including phenoxy) is 1. The van der Waals surface area contributed by atoms with Crippen LogP contribution in [0.4, 0.5) is 0 Å². The van der Waals surface area contributed by atoms with Crippen LogP contribution in [-0.2, 0) is 4.79 Å². The molecule has 26 heavy (non-hydrogen) atoms. The summed E-state index contributed by atoms with van der Waals surface area (Å²) in [5, 5.41) is 18.9. The maximum Gasteiger partial charge on any atom is 0.336 e. The third-order valence-corrected chi connectivity index (χ3v) is 3.25. The summed E-state index contributed by atoms with van der Waals surface area (Å²) in [7, 11) is 0. The number of esters is 1. The average molecular weight is 348 g/mol. The number of allylic oxidation sites excluding steroid dienone is 5. The Morgan fingerprint density at radius 3 is 2.12 bits per heavy atom. The number of aromatic hydroxyl groups is 2. The summed E-state index contributed by atoms with van der Waals surface area (Å²) < 4.78 is 5.20. The van der Waals surface area contributed by atoms with Crippen molar-refractivity contribution >= 4 is 18.1 Å². The van der Waals surface area contributed by atoms with E-state index < -0.39 is 5.97 Å². The van der Waals surface area contributed by atoms with Gasteiger partial charge in [-0.05, 0) is 42.3 Å². The lowest BCUT2D eigenvalue weighted by Gasteiger charge is -2.02. The first kappa shape index (κ1) is 18.8. The molecule has 0 saturated carbocycles. The van der Waals surface area contributed by atoms with E-state index in [0.29, 0.717) is 11.3 Å². The Hall–Kier alpha value is -3.53. The van der Waals surface area contributed by atoms with E-state index >= 15 is 0 Å². The SMILES string of the molecule is C/C=C/C=C/C=C/C(=O)Oc1ccc(/C=C/c2cc(O)cc(O)c2)cc1. The fraction of sp³-hybridized carbons (Fsp3) is 0.0455. The van der Waals surface area contributed by atoms with Crippen LogP contribution in [0.15, 0.2) is 78.9 Å². The summed E-state index contributed by atoms with van der Waals surface area (Å²) in [5.74, 6) is -0.000980. The molecule has 2 aromatic carbocycles. The molecule has 0 bridgehead atoms. The quantitative estimate of drug-likeness (QED) is 0.257. The van der Waals surface area contributed by atoms with Gasteiger partial charge in [-0.2, -0.15) is 0 Å². The van der Waals surface area contributed by atoms with Crippen LogP contribution in [0.5, 0.6) is 17.2 Å². The molecule has 2 aromatic rings. The molecule has 0 aliphatic rings. The largest absolute Gasteiger partial charge is 0.508 e. The highest BCUT2D eigenvalue weighted by atomic mass is 16.5. The van der Waals surface area contributed by atoms with Crippen molar-refractivity contribution in [2.45, 2.75) is 6.92 Å². The van der Waals surface area contributed by atoms with Crippen molar-refractivity contribution in [2.24, 2.45) is 0 Å². The Labute approximate surface area is 152 Å². The van der Waals surface area contributed by atoms with Crippen molar-refractivity contribution < 1.29 is 19.7 Å². The molecule has 0 aliphatic carbocycles. The van der Waals surface area contributed by atoms with Gasteiger partial charge >= 0.3 is 5.97 Å². The van der Waals surface area contributed by atoms with Crippen LogP contribution in [0, 0.1) is 0 Å². The number of phenolic OH excluding ortho intramolecular Hbond substituents is 2. The van der Waals surface area contributed by atoms with Gasteiger partial charge in [-0.15, -0.1) is 0 Å². The van der Waals surface area contributed by atoms with Gasteiger partial charge in [-0.25, -0.2) is 4.79 Å². The molecule has 0 saturated heterocycles. The van der Waals surface area contributed by atoms with Crippen LogP contribution in [0.3, 0.4) is 0 Å². The predicted octanol–water partition coefficient (Wildman–Crippen LogP) is 4.86. The Balaban J connectivity index is 1.95. The van der Waals surface area contributed by atoms with Crippen molar-refractivity contribution in [2.75, 3.05) is 0 Å². The molecule has 4 nitrogen and oxygen atoms in total. The highest BCUT2D eigenvalue weighted by molar-refractivity contribution is 5.84. The third kappa shape index (κ3) is 6.53. The van der Waals surface area contributed by atoms with E-state index in [-0.39, 0.29) is 11.5 Å². The fourth-order valence-corrected chi connectivity index (χ4v) is 2.08. The normalized spacial score (nSPS) is 11.9. The topological polar surface area (TPSA) is 66.8 Å². The van der Waals surface area contributed by atoms with Gasteiger partial charge in [0.05, 0.1) is 0 Å². The van der Waals surface area contributed by atoms with Gasteiger partial charge < -0.3 is 14.9 Å². The van der Waals surface area contributed by atoms with Gasteiger partial charge in [0, 0.05) is 12.1 Å². The summed E-state index contributed by atoms with van der Waals surface area (Å²) >= 11 is 0. The first-order valence-electron chi connectivity index (χ1n) is 8.06. The molecular weight excluding hydrogens is 328 g/mol. The molecule has 2 N–H and O–H groups in total. The van der Waals surface area contributed by atoms with Crippen LogP contribution in [-0.4, -0.2) is 16.2 Å². The number of hydrogen-bond donors (Lipinski definition) is 2. The second kappa shape index (κ2) is 9.69. The van der Waals surface area contributed by atoms with Crippen LogP contribution in [0.2, 0.25) is 0 Å². The van der Waals surface area contributed by atoms with Crippen LogP contribution in [0.1, 0.15) is 18.1 Å². The summed E-state index contributed by atoms with van der Waals surface area (Å²) in [6.07, 6.45) is 13.9. The smallest absolute Gasteiger partial charge is 0.336 e. The van der Waals surface area contributed by atoms with Gasteiger partial charge in [0.15, 0.2) is 0 Å². The summed E-state index contributed by atoms with van der Waals surface area (Å²) in [5.41, 5.74) is 1.56. The first-order valence-corrected chi connectivity index (χ1v) is 8.06. The van der Waals surface area contributed by atoms with Crippen LogP contribution in [0.25, 0.3) is 12.2 Å². The molecule has 0 fully saturated rings. The van der Waals surface area contributed by atoms with Gasteiger partial charge in [0.1, 0.15) is 17.2 Å². The molecule has 4 heteroatoms. The zero-order chi connectivity index (χ0) is 18.8. The molecule has 132 valence electrons. The van der Waals surface area contributed by atoms with E-state index in [1.807, 2.05) is 31.2 Å². The van der Waals surface area contributed by atoms with Gasteiger partial charge in [0.2, 0.25) is 0 Å². The third-order valence-electron chi connectivity index (χ3n) is 3.25. The van der Waals surface area contributed by atoms with E-state index in [0.717, 1.165) is 5.56 Å². The van der Waals surface area contributed by atoms with Gasteiger partial charge in [0.25, 0.3) is 0 Å². The van der Waals surface area contributed by atoms with E-state index in [1.54, 1.807) is 54.6 Å². The monoisotopic (exact) mass is 348 g/mol. The second-order valence-electron chi connectivity index (χ2n) is 5.38. The van der Waals surface area contributed by atoms with E-state index in [9.17, 15) is 15.0 Å². The van der Waals surface area contributed by atoms with Crippen molar-refractivity contribution in [3.8, 4) is 17.2 Å². The molecule has 0 heterocycles. The highest BCUT2D eigenvalue weighted by Crippen LogP contribution is 2.22. The Bertz CT molecular complexity index is 836. The maximum absolute atomic E-state index is 11.7. The molecule has 0 atom stereocenters. The van der Waals surface area contributed by atoms with Crippen molar-refractivity contribution in [3.05, 3.63) is 90.0 Å². The number of carbonyl (C=O) groups is 1. The summed E-state index contributed by atoms with van der Waals surface area (Å²) in [6, 6.07) is 11.4. The molecule has 0 radical (unpaired) electrons. The van der Waals surface area contributed by atoms with E-state index in [4.69, 9.17) is 4.74 Å². The zero-order valence-corrected chi connectivity index (χ0v) is 14.4. The first-order chi connectivity index (χ1) is 12.6. The van der Waals surface area contributed by atoms with E-state index in [2.05, 4.69) is 0 Å². The molecule has 0 aliphatic heterocycles.